The quantitative estimate of drug-likeness (QED) is 0.750. The summed E-state index contributed by atoms with van der Waals surface area (Å²) in [7, 11) is 0. The molecule has 2 nitrogen and oxygen atoms in total. The van der Waals surface area contributed by atoms with Crippen molar-refractivity contribution < 1.29 is 0 Å². The minimum atomic E-state index is 0.882. The van der Waals surface area contributed by atoms with Gasteiger partial charge in [0.2, 0.25) is 0 Å². The lowest BCUT2D eigenvalue weighted by atomic mass is 9.95. The van der Waals surface area contributed by atoms with Gasteiger partial charge in [-0.05, 0) is 82.1 Å². The van der Waals surface area contributed by atoms with Crippen LogP contribution < -0.4 is 5.32 Å². The molecule has 1 N–H and O–H groups in total. The zero-order valence-corrected chi connectivity index (χ0v) is 15.8. The molecule has 0 aromatic carbocycles. The Morgan fingerprint density at radius 2 is 1.88 bits per heavy atom. The van der Waals surface area contributed by atoms with Crippen LogP contribution in [0.3, 0.4) is 0 Å². The van der Waals surface area contributed by atoms with Crippen LogP contribution in [0, 0.1) is 5.92 Å². The average Bonchev–Trinajstić information content (AvgIpc) is 3.08. The molecule has 0 radical (unpaired) electrons. The van der Waals surface area contributed by atoms with Crippen molar-refractivity contribution in [3.05, 3.63) is 34.9 Å². The largest absolute Gasteiger partial charge is 0.313 e. The number of nitrogens with one attached hydrogen (secondary N) is 1. The molecule has 1 heterocycles. The molecule has 2 fully saturated rings. The molecule has 1 aliphatic heterocycles. The first-order valence-corrected chi connectivity index (χ1v) is 10.3. The van der Waals surface area contributed by atoms with E-state index < -0.39 is 0 Å². The average molecular weight is 329 g/mol. The van der Waals surface area contributed by atoms with Crippen molar-refractivity contribution in [2.75, 3.05) is 26.2 Å². The smallest absolute Gasteiger partial charge is 0.0171 e. The van der Waals surface area contributed by atoms with Crippen molar-refractivity contribution in [1.82, 2.24) is 10.2 Å². The van der Waals surface area contributed by atoms with Gasteiger partial charge in [-0.3, -0.25) is 0 Å². The summed E-state index contributed by atoms with van der Waals surface area (Å²) in [6.07, 6.45) is 17.9. The van der Waals surface area contributed by atoms with Gasteiger partial charge in [0.25, 0.3) is 0 Å². The minimum Gasteiger partial charge on any atom is -0.313 e. The standard InChI is InChI=1S/C22H36N2/c1-3-21-15-20(8-6-7-18(21)2)17-23-16-19-11-13-24(14-12-19)22-9-4-5-10-22/h6-7,15,19,22-23H,3-5,8-14,16-17H2,1-2H3. The highest BCUT2D eigenvalue weighted by atomic mass is 15.2. The zero-order valence-electron chi connectivity index (χ0n) is 15.8. The summed E-state index contributed by atoms with van der Waals surface area (Å²) < 4.78 is 0. The Kier molecular flexibility index (Phi) is 6.74. The van der Waals surface area contributed by atoms with Crippen LogP contribution >= 0.6 is 0 Å². The van der Waals surface area contributed by atoms with Crippen molar-refractivity contribution in [3.8, 4) is 0 Å². The van der Waals surface area contributed by atoms with Gasteiger partial charge in [-0.15, -0.1) is 0 Å². The first-order chi connectivity index (χ1) is 11.8. The van der Waals surface area contributed by atoms with Gasteiger partial charge in [-0.2, -0.15) is 0 Å². The molecule has 0 aromatic rings. The van der Waals surface area contributed by atoms with Crippen molar-refractivity contribution in [3.63, 3.8) is 0 Å². The van der Waals surface area contributed by atoms with Crippen LogP contribution in [0.1, 0.15) is 65.2 Å². The second kappa shape index (κ2) is 9.01. The van der Waals surface area contributed by atoms with Gasteiger partial charge in [0.1, 0.15) is 0 Å². The third-order valence-corrected chi connectivity index (χ3v) is 6.29. The van der Waals surface area contributed by atoms with Crippen molar-refractivity contribution >= 4 is 0 Å². The summed E-state index contributed by atoms with van der Waals surface area (Å²) >= 11 is 0. The van der Waals surface area contributed by atoms with Crippen molar-refractivity contribution in [2.24, 2.45) is 5.92 Å². The highest BCUT2D eigenvalue weighted by Gasteiger charge is 2.26. The van der Waals surface area contributed by atoms with E-state index in [0.717, 1.165) is 31.3 Å². The molecule has 0 amide bonds. The van der Waals surface area contributed by atoms with Crippen molar-refractivity contribution in [2.45, 2.75) is 71.3 Å². The van der Waals surface area contributed by atoms with Crippen LogP contribution in [-0.4, -0.2) is 37.1 Å². The molecule has 0 atom stereocenters. The fourth-order valence-corrected chi connectivity index (χ4v) is 4.65. The van der Waals surface area contributed by atoms with Gasteiger partial charge in [-0.1, -0.05) is 43.6 Å². The SMILES string of the molecule is CCC1=C(C)C=CCC(CNCC2CCN(C3CCCC3)CC2)=C1. The summed E-state index contributed by atoms with van der Waals surface area (Å²) in [5.41, 5.74) is 4.49. The lowest BCUT2D eigenvalue weighted by molar-refractivity contribution is 0.133. The van der Waals surface area contributed by atoms with Gasteiger partial charge < -0.3 is 10.2 Å². The minimum absolute atomic E-state index is 0.882. The van der Waals surface area contributed by atoms with Gasteiger partial charge in [0.15, 0.2) is 0 Å². The van der Waals surface area contributed by atoms with E-state index in [2.05, 4.69) is 42.3 Å². The topological polar surface area (TPSA) is 15.3 Å². The van der Waals surface area contributed by atoms with E-state index in [1.807, 2.05) is 0 Å². The maximum atomic E-state index is 3.75. The number of likely N-dealkylation sites (tertiary alicyclic amines) is 1. The van der Waals surface area contributed by atoms with E-state index in [1.54, 1.807) is 5.57 Å². The molecule has 2 heteroatoms. The fourth-order valence-electron chi connectivity index (χ4n) is 4.65. The van der Waals surface area contributed by atoms with Crippen LogP contribution in [0.25, 0.3) is 0 Å². The van der Waals surface area contributed by atoms with Crippen LogP contribution in [0.2, 0.25) is 0 Å². The molecular weight excluding hydrogens is 292 g/mol. The van der Waals surface area contributed by atoms with E-state index in [1.165, 1.54) is 69.3 Å². The summed E-state index contributed by atoms with van der Waals surface area (Å²) in [5, 5.41) is 3.75. The first-order valence-electron chi connectivity index (χ1n) is 10.3. The van der Waals surface area contributed by atoms with Crippen molar-refractivity contribution in [1.29, 1.82) is 0 Å². The molecule has 0 bridgehead atoms. The van der Waals surface area contributed by atoms with E-state index in [0.29, 0.717) is 0 Å². The lowest BCUT2D eigenvalue weighted by Crippen LogP contribution is -2.42. The number of hydrogen-bond donors (Lipinski definition) is 1. The monoisotopic (exact) mass is 328 g/mol. The molecule has 0 aromatic heterocycles. The second-order valence-corrected chi connectivity index (χ2v) is 8.02. The van der Waals surface area contributed by atoms with Gasteiger partial charge in [0, 0.05) is 12.6 Å². The summed E-state index contributed by atoms with van der Waals surface area (Å²) in [5.74, 6) is 0.882. The van der Waals surface area contributed by atoms with Crippen LogP contribution in [-0.2, 0) is 0 Å². The molecule has 134 valence electrons. The highest BCUT2D eigenvalue weighted by molar-refractivity contribution is 5.37. The Balaban J connectivity index is 1.39. The molecule has 0 spiro atoms. The molecular formula is C22H36N2. The Bertz CT molecular complexity index is 486. The van der Waals surface area contributed by atoms with E-state index >= 15 is 0 Å². The Morgan fingerprint density at radius 3 is 2.58 bits per heavy atom. The van der Waals surface area contributed by atoms with Crippen LogP contribution in [0.5, 0.6) is 0 Å². The lowest BCUT2D eigenvalue weighted by Gasteiger charge is -2.36. The molecule has 1 saturated heterocycles. The molecule has 3 rings (SSSR count). The van der Waals surface area contributed by atoms with E-state index in [9.17, 15) is 0 Å². The van der Waals surface area contributed by atoms with Gasteiger partial charge >= 0.3 is 0 Å². The van der Waals surface area contributed by atoms with Gasteiger partial charge in [-0.25, -0.2) is 0 Å². The Hall–Kier alpha value is -0.860. The van der Waals surface area contributed by atoms with E-state index in [4.69, 9.17) is 0 Å². The predicted octanol–water partition coefficient (Wildman–Crippen LogP) is 4.84. The first kappa shape index (κ1) is 17.9. The summed E-state index contributed by atoms with van der Waals surface area (Å²) in [4.78, 5) is 2.78. The van der Waals surface area contributed by atoms with Crippen LogP contribution in [0.15, 0.2) is 34.9 Å². The number of nitrogens with zero attached hydrogens (tertiary/aromatic N) is 1. The predicted molar refractivity (Wildman–Crippen MR) is 104 cm³/mol. The normalized spacial score (nSPS) is 24.5. The Labute approximate surface area is 149 Å². The summed E-state index contributed by atoms with van der Waals surface area (Å²) in [6.45, 7) is 9.43. The zero-order chi connectivity index (χ0) is 16.8. The van der Waals surface area contributed by atoms with E-state index in [-0.39, 0.29) is 0 Å². The maximum Gasteiger partial charge on any atom is 0.0171 e. The molecule has 2 aliphatic carbocycles. The molecule has 24 heavy (non-hydrogen) atoms. The number of piperidine rings is 1. The third-order valence-electron chi connectivity index (χ3n) is 6.29. The fraction of sp³-hybridized carbons (Fsp3) is 0.727. The highest BCUT2D eigenvalue weighted by Crippen LogP contribution is 2.27. The second-order valence-electron chi connectivity index (χ2n) is 8.02. The number of allylic oxidation sites excluding steroid dienone is 5. The molecule has 0 unspecified atom stereocenters. The molecule has 3 aliphatic rings. The maximum absolute atomic E-state index is 3.75. The van der Waals surface area contributed by atoms with Crippen LogP contribution in [0.4, 0.5) is 0 Å². The molecule has 1 saturated carbocycles. The Morgan fingerprint density at radius 1 is 1.12 bits per heavy atom. The summed E-state index contributed by atoms with van der Waals surface area (Å²) in [6, 6.07) is 0.921. The number of rotatable bonds is 6. The van der Waals surface area contributed by atoms with Gasteiger partial charge in [0.05, 0.1) is 0 Å². The number of hydrogen-bond acceptors (Lipinski definition) is 2. The third kappa shape index (κ3) is 4.83.